The SMILES string of the molecule is CCC(C)CSc1cccc(SC)c1C#N. The fraction of sp³-hybridized carbons (Fsp3) is 0.462. The predicted octanol–water partition coefficient (Wildman–Crippen LogP) is 4.42. The molecule has 0 aliphatic heterocycles. The molecule has 1 atom stereocenters. The van der Waals surface area contributed by atoms with Crippen LogP contribution in [-0.4, -0.2) is 12.0 Å². The second-order valence-corrected chi connectivity index (χ2v) is 5.68. The van der Waals surface area contributed by atoms with Crippen LogP contribution in [0, 0.1) is 17.2 Å². The maximum Gasteiger partial charge on any atom is 0.101 e. The zero-order chi connectivity index (χ0) is 12.0. The molecule has 0 aliphatic rings. The Morgan fingerprint density at radius 3 is 2.62 bits per heavy atom. The van der Waals surface area contributed by atoms with Crippen molar-refractivity contribution < 1.29 is 0 Å². The lowest BCUT2D eigenvalue weighted by Gasteiger charge is -2.10. The predicted molar refractivity (Wildman–Crippen MR) is 73.1 cm³/mol. The molecule has 0 N–H and O–H groups in total. The number of hydrogen-bond acceptors (Lipinski definition) is 3. The molecule has 0 aliphatic carbocycles. The van der Waals surface area contributed by atoms with E-state index < -0.39 is 0 Å². The molecule has 1 aromatic carbocycles. The number of hydrogen-bond donors (Lipinski definition) is 0. The summed E-state index contributed by atoms with van der Waals surface area (Å²) in [5.74, 6) is 1.79. The van der Waals surface area contributed by atoms with Gasteiger partial charge in [0.1, 0.15) is 6.07 Å². The number of benzene rings is 1. The average Bonchev–Trinajstić information content (AvgIpc) is 2.34. The fourth-order valence-electron chi connectivity index (χ4n) is 1.26. The lowest BCUT2D eigenvalue weighted by Crippen LogP contribution is -1.96. The Bertz CT molecular complexity index is 382. The third-order valence-corrected chi connectivity index (χ3v) is 4.71. The summed E-state index contributed by atoms with van der Waals surface area (Å²) >= 11 is 3.44. The molecule has 0 radical (unpaired) electrons. The van der Waals surface area contributed by atoms with Crippen molar-refractivity contribution in [2.24, 2.45) is 5.92 Å². The molecule has 16 heavy (non-hydrogen) atoms. The van der Waals surface area contributed by atoms with Gasteiger partial charge in [-0.15, -0.1) is 23.5 Å². The van der Waals surface area contributed by atoms with Gasteiger partial charge >= 0.3 is 0 Å². The lowest BCUT2D eigenvalue weighted by atomic mass is 10.2. The summed E-state index contributed by atoms with van der Waals surface area (Å²) in [5, 5.41) is 9.18. The van der Waals surface area contributed by atoms with E-state index >= 15 is 0 Å². The van der Waals surface area contributed by atoms with E-state index in [4.69, 9.17) is 0 Å². The summed E-state index contributed by atoms with van der Waals surface area (Å²) < 4.78 is 0. The van der Waals surface area contributed by atoms with E-state index in [9.17, 15) is 5.26 Å². The standard InChI is InChI=1S/C13H17NS2/c1-4-10(2)9-16-13-7-5-6-12(15-3)11(13)8-14/h5-7,10H,4,9H2,1-3H3. The molecule has 86 valence electrons. The minimum absolute atomic E-state index is 0.703. The normalized spacial score (nSPS) is 12.1. The van der Waals surface area contributed by atoms with Crippen molar-refractivity contribution >= 4 is 23.5 Å². The zero-order valence-corrected chi connectivity index (χ0v) is 11.6. The van der Waals surface area contributed by atoms with Crippen LogP contribution < -0.4 is 0 Å². The quantitative estimate of drug-likeness (QED) is 0.724. The third-order valence-electron chi connectivity index (χ3n) is 2.54. The first-order valence-electron chi connectivity index (χ1n) is 5.42. The molecular formula is C13H17NS2. The van der Waals surface area contributed by atoms with Crippen molar-refractivity contribution in [2.45, 2.75) is 30.1 Å². The van der Waals surface area contributed by atoms with E-state index in [0.29, 0.717) is 5.92 Å². The van der Waals surface area contributed by atoms with Crippen molar-refractivity contribution in [1.29, 1.82) is 5.26 Å². The van der Waals surface area contributed by atoms with Crippen LogP contribution in [-0.2, 0) is 0 Å². The Morgan fingerprint density at radius 1 is 1.38 bits per heavy atom. The third kappa shape index (κ3) is 3.47. The number of thioether (sulfide) groups is 2. The van der Waals surface area contributed by atoms with Gasteiger partial charge in [0.2, 0.25) is 0 Å². The van der Waals surface area contributed by atoms with Gasteiger partial charge in [-0.25, -0.2) is 0 Å². The Labute approximate surface area is 107 Å². The second-order valence-electron chi connectivity index (χ2n) is 3.77. The van der Waals surface area contributed by atoms with Gasteiger partial charge < -0.3 is 0 Å². The molecule has 0 aromatic heterocycles. The summed E-state index contributed by atoms with van der Waals surface area (Å²) in [6, 6.07) is 8.41. The van der Waals surface area contributed by atoms with Gasteiger partial charge in [0.15, 0.2) is 0 Å². The maximum atomic E-state index is 9.18. The highest BCUT2D eigenvalue weighted by Crippen LogP contribution is 2.31. The molecule has 0 heterocycles. The van der Waals surface area contributed by atoms with E-state index in [2.05, 4.69) is 19.9 Å². The Morgan fingerprint density at radius 2 is 2.06 bits per heavy atom. The Balaban J connectivity index is 2.84. The highest BCUT2D eigenvalue weighted by atomic mass is 32.2. The number of rotatable bonds is 5. The molecule has 1 aromatic rings. The van der Waals surface area contributed by atoms with Gasteiger partial charge in [0, 0.05) is 15.5 Å². The van der Waals surface area contributed by atoms with Gasteiger partial charge in [0.25, 0.3) is 0 Å². The molecule has 0 bridgehead atoms. The van der Waals surface area contributed by atoms with Crippen LogP contribution in [0.5, 0.6) is 0 Å². The Kier molecular flexibility index (Phi) is 5.79. The molecule has 3 heteroatoms. The second kappa shape index (κ2) is 6.88. The van der Waals surface area contributed by atoms with Crippen molar-refractivity contribution in [2.75, 3.05) is 12.0 Å². The lowest BCUT2D eigenvalue weighted by molar-refractivity contribution is 0.637. The van der Waals surface area contributed by atoms with Crippen LogP contribution in [0.2, 0.25) is 0 Å². The number of nitriles is 1. The summed E-state index contributed by atoms with van der Waals surface area (Å²) in [7, 11) is 0. The summed E-state index contributed by atoms with van der Waals surface area (Å²) in [5.41, 5.74) is 0.836. The van der Waals surface area contributed by atoms with E-state index in [-0.39, 0.29) is 0 Å². The maximum absolute atomic E-state index is 9.18. The summed E-state index contributed by atoms with van der Waals surface area (Å²) in [6.45, 7) is 4.45. The van der Waals surface area contributed by atoms with Gasteiger partial charge in [-0.2, -0.15) is 5.26 Å². The highest BCUT2D eigenvalue weighted by molar-refractivity contribution is 7.99. The molecule has 0 saturated heterocycles. The molecular weight excluding hydrogens is 234 g/mol. The average molecular weight is 251 g/mol. The minimum atomic E-state index is 0.703. The summed E-state index contributed by atoms with van der Waals surface area (Å²) in [4.78, 5) is 2.20. The summed E-state index contributed by atoms with van der Waals surface area (Å²) in [6.07, 6.45) is 3.20. The van der Waals surface area contributed by atoms with Crippen molar-refractivity contribution in [3.63, 3.8) is 0 Å². The van der Waals surface area contributed by atoms with Gasteiger partial charge in [-0.05, 0) is 24.3 Å². The highest BCUT2D eigenvalue weighted by Gasteiger charge is 2.08. The first kappa shape index (κ1) is 13.5. The van der Waals surface area contributed by atoms with E-state index in [1.807, 2.05) is 24.5 Å². The van der Waals surface area contributed by atoms with Crippen LogP contribution in [0.15, 0.2) is 28.0 Å². The minimum Gasteiger partial charge on any atom is -0.192 e. The molecule has 0 spiro atoms. The van der Waals surface area contributed by atoms with Crippen LogP contribution in [0.4, 0.5) is 0 Å². The molecule has 1 nitrogen and oxygen atoms in total. The molecule has 1 unspecified atom stereocenters. The van der Waals surface area contributed by atoms with Crippen molar-refractivity contribution in [1.82, 2.24) is 0 Å². The van der Waals surface area contributed by atoms with E-state index in [1.54, 1.807) is 23.5 Å². The van der Waals surface area contributed by atoms with Gasteiger partial charge in [-0.1, -0.05) is 26.3 Å². The molecule has 0 saturated carbocycles. The van der Waals surface area contributed by atoms with Crippen LogP contribution in [0.1, 0.15) is 25.8 Å². The molecule has 1 rings (SSSR count). The smallest absolute Gasteiger partial charge is 0.101 e. The molecule has 0 amide bonds. The topological polar surface area (TPSA) is 23.8 Å². The van der Waals surface area contributed by atoms with Gasteiger partial charge in [0.05, 0.1) is 5.56 Å². The van der Waals surface area contributed by atoms with E-state index in [0.717, 1.165) is 21.1 Å². The van der Waals surface area contributed by atoms with E-state index in [1.165, 1.54) is 6.42 Å². The zero-order valence-electron chi connectivity index (χ0n) is 9.99. The largest absolute Gasteiger partial charge is 0.192 e. The van der Waals surface area contributed by atoms with Crippen LogP contribution in [0.3, 0.4) is 0 Å². The first-order valence-corrected chi connectivity index (χ1v) is 7.63. The van der Waals surface area contributed by atoms with Crippen molar-refractivity contribution in [3.05, 3.63) is 23.8 Å². The van der Waals surface area contributed by atoms with Crippen LogP contribution >= 0.6 is 23.5 Å². The number of nitrogens with zero attached hydrogens (tertiary/aromatic N) is 1. The Hall–Kier alpha value is -0.590. The van der Waals surface area contributed by atoms with Crippen LogP contribution in [0.25, 0.3) is 0 Å². The first-order chi connectivity index (χ1) is 7.72. The van der Waals surface area contributed by atoms with Gasteiger partial charge in [-0.3, -0.25) is 0 Å². The molecule has 0 fully saturated rings. The fourth-order valence-corrected chi connectivity index (χ4v) is 3.07. The monoisotopic (exact) mass is 251 g/mol. The van der Waals surface area contributed by atoms with Crippen molar-refractivity contribution in [3.8, 4) is 6.07 Å².